The first-order valence-corrected chi connectivity index (χ1v) is 9.29. The molecular formula is C20H16F3N5O6. The van der Waals surface area contributed by atoms with Gasteiger partial charge in [0.15, 0.2) is 5.69 Å². The molecule has 0 saturated heterocycles. The van der Waals surface area contributed by atoms with Crippen molar-refractivity contribution in [2.75, 3.05) is 14.2 Å². The summed E-state index contributed by atoms with van der Waals surface area (Å²) in [7, 11) is 2.70. The molecule has 0 fully saturated rings. The predicted octanol–water partition coefficient (Wildman–Crippen LogP) is 2.89. The van der Waals surface area contributed by atoms with E-state index in [-0.39, 0.29) is 22.7 Å². The number of nitro groups is 1. The van der Waals surface area contributed by atoms with Crippen LogP contribution in [0.25, 0.3) is 5.69 Å². The fraction of sp³-hybridized carbons (Fsp3) is 0.150. The third-order valence-corrected chi connectivity index (χ3v) is 4.53. The number of hydrazine groups is 1. The monoisotopic (exact) mass is 479 g/mol. The highest BCUT2D eigenvalue weighted by molar-refractivity contribution is 6.01. The number of hydrogen-bond acceptors (Lipinski definition) is 7. The lowest BCUT2D eigenvalue weighted by Crippen LogP contribution is -2.42. The van der Waals surface area contributed by atoms with E-state index in [4.69, 9.17) is 9.47 Å². The van der Waals surface area contributed by atoms with Crippen molar-refractivity contribution in [1.29, 1.82) is 0 Å². The van der Waals surface area contributed by atoms with E-state index in [1.54, 1.807) is 0 Å². The highest BCUT2D eigenvalue weighted by Gasteiger charge is 2.40. The molecule has 178 valence electrons. The molecule has 0 aliphatic rings. The number of alkyl halides is 3. The normalized spacial score (nSPS) is 11.0. The van der Waals surface area contributed by atoms with Crippen LogP contribution in [0.1, 0.15) is 26.4 Å². The Kier molecular flexibility index (Phi) is 6.70. The van der Waals surface area contributed by atoms with Crippen LogP contribution >= 0.6 is 0 Å². The summed E-state index contributed by atoms with van der Waals surface area (Å²) >= 11 is 0. The Labute approximate surface area is 189 Å². The summed E-state index contributed by atoms with van der Waals surface area (Å²) in [6.07, 6.45) is -4.35. The maximum Gasteiger partial charge on any atom is 0.434 e. The number of benzene rings is 2. The molecule has 0 bridgehead atoms. The van der Waals surface area contributed by atoms with Gasteiger partial charge in [0.25, 0.3) is 17.5 Å². The van der Waals surface area contributed by atoms with Crippen molar-refractivity contribution in [2.45, 2.75) is 6.18 Å². The van der Waals surface area contributed by atoms with Crippen LogP contribution in [0, 0.1) is 10.1 Å². The van der Waals surface area contributed by atoms with Crippen molar-refractivity contribution >= 4 is 17.5 Å². The van der Waals surface area contributed by atoms with Gasteiger partial charge in [0.2, 0.25) is 0 Å². The SMILES string of the molecule is COc1ccc(C(=O)NNC(=O)c2cnn(-c3ccc([N+](=O)[O-])cc3)c2C(F)(F)F)c(OC)c1. The lowest BCUT2D eigenvalue weighted by molar-refractivity contribution is -0.384. The summed E-state index contributed by atoms with van der Waals surface area (Å²) in [5, 5.41) is 14.4. The fourth-order valence-electron chi connectivity index (χ4n) is 2.93. The molecule has 0 atom stereocenters. The van der Waals surface area contributed by atoms with Gasteiger partial charge in [-0.1, -0.05) is 0 Å². The van der Waals surface area contributed by atoms with E-state index in [1.807, 2.05) is 10.9 Å². The van der Waals surface area contributed by atoms with Gasteiger partial charge >= 0.3 is 6.18 Å². The van der Waals surface area contributed by atoms with Crippen LogP contribution < -0.4 is 20.3 Å². The van der Waals surface area contributed by atoms with E-state index in [0.29, 0.717) is 16.6 Å². The third-order valence-electron chi connectivity index (χ3n) is 4.53. The summed E-state index contributed by atoms with van der Waals surface area (Å²) in [5.74, 6) is -1.65. The summed E-state index contributed by atoms with van der Waals surface area (Å²) in [4.78, 5) is 34.9. The molecule has 2 N–H and O–H groups in total. The van der Waals surface area contributed by atoms with Crippen LogP contribution in [-0.4, -0.2) is 40.7 Å². The van der Waals surface area contributed by atoms with Gasteiger partial charge in [-0.3, -0.25) is 30.6 Å². The third kappa shape index (κ3) is 4.90. The van der Waals surface area contributed by atoms with Gasteiger partial charge in [0.05, 0.1) is 42.2 Å². The minimum atomic E-state index is -5.02. The molecule has 1 aromatic heterocycles. The molecule has 2 amide bonds. The number of methoxy groups -OCH3 is 2. The average Bonchev–Trinajstić information content (AvgIpc) is 3.28. The lowest BCUT2D eigenvalue weighted by atomic mass is 10.2. The zero-order valence-electron chi connectivity index (χ0n) is 17.5. The quantitative estimate of drug-likeness (QED) is 0.410. The summed E-state index contributed by atoms with van der Waals surface area (Å²) in [6.45, 7) is 0. The zero-order chi connectivity index (χ0) is 25.0. The van der Waals surface area contributed by atoms with Crippen LogP contribution in [0.3, 0.4) is 0 Å². The summed E-state index contributed by atoms with van der Waals surface area (Å²) < 4.78 is 51.8. The van der Waals surface area contributed by atoms with Crippen molar-refractivity contribution in [3.63, 3.8) is 0 Å². The van der Waals surface area contributed by atoms with Crippen molar-refractivity contribution in [3.05, 3.63) is 75.6 Å². The number of nitrogens with zero attached hydrogens (tertiary/aromatic N) is 3. The Morgan fingerprint density at radius 3 is 2.15 bits per heavy atom. The number of ether oxygens (including phenoxy) is 2. The zero-order valence-corrected chi connectivity index (χ0v) is 17.5. The minimum Gasteiger partial charge on any atom is -0.497 e. The molecule has 0 saturated carbocycles. The molecule has 14 heteroatoms. The molecule has 0 radical (unpaired) electrons. The number of amides is 2. The predicted molar refractivity (Wildman–Crippen MR) is 110 cm³/mol. The largest absolute Gasteiger partial charge is 0.497 e. The fourth-order valence-corrected chi connectivity index (χ4v) is 2.93. The molecule has 1 heterocycles. The Bertz CT molecular complexity index is 1240. The number of carbonyl (C=O) groups is 2. The molecule has 0 spiro atoms. The Hall–Kier alpha value is -4.62. The first kappa shape index (κ1) is 24.0. The number of carbonyl (C=O) groups excluding carboxylic acids is 2. The van der Waals surface area contributed by atoms with Gasteiger partial charge in [-0.15, -0.1) is 0 Å². The Morgan fingerprint density at radius 2 is 1.62 bits per heavy atom. The number of aromatic nitrogens is 2. The second kappa shape index (κ2) is 9.48. The lowest BCUT2D eigenvalue weighted by Gasteiger charge is -2.14. The van der Waals surface area contributed by atoms with E-state index >= 15 is 0 Å². The standard InChI is InChI=1S/C20H16F3N5O6/c1-33-13-7-8-14(16(9-13)34-2)18(29)25-26-19(30)15-10-24-27(17(15)20(21,22)23)11-3-5-12(6-4-11)28(31)32/h3-10H,1-2H3,(H,25,29)(H,26,30). The van der Waals surface area contributed by atoms with Crippen molar-refractivity contribution in [1.82, 2.24) is 20.6 Å². The number of non-ortho nitro benzene ring substituents is 1. The molecule has 0 aliphatic heterocycles. The average molecular weight is 479 g/mol. The molecular weight excluding hydrogens is 463 g/mol. The van der Waals surface area contributed by atoms with Gasteiger partial charge in [0.1, 0.15) is 11.5 Å². The van der Waals surface area contributed by atoms with Crippen molar-refractivity contribution in [2.24, 2.45) is 0 Å². The first-order valence-electron chi connectivity index (χ1n) is 9.29. The Balaban J connectivity index is 1.85. The molecule has 3 aromatic rings. The summed E-state index contributed by atoms with van der Waals surface area (Å²) in [5.41, 5.74) is 1.10. The molecule has 11 nitrogen and oxygen atoms in total. The highest BCUT2D eigenvalue weighted by atomic mass is 19.4. The summed E-state index contributed by atoms with van der Waals surface area (Å²) in [6, 6.07) is 8.31. The van der Waals surface area contributed by atoms with E-state index < -0.39 is 34.2 Å². The maximum absolute atomic E-state index is 13.8. The van der Waals surface area contributed by atoms with Gasteiger partial charge in [-0.2, -0.15) is 18.3 Å². The second-order valence-electron chi connectivity index (χ2n) is 6.56. The van der Waals surface area contributed by atoms with E-state index in [1.165, 1.54) is 32.4 Å². The van der Waals surface area contributed by atoms with Gasteiger partial charge in [0, 0.05) is 18.2 Å². The van der Waals surface area contributed by atoms with Crippen LogP contribution in [0.4, 0.5) is 18.9 Å². The van der Waals surface area contributed by atoms with Crippen LogP contribution in [0.2, 0.25) is 0 Å². The van der Waals surface area contributed by atoms with E-state index in [9.17, 15) is 32.9 Å². The van der Waals surface area contributed by atoms with Crippen LogP contribution in [0.5, 0.6) is 11.5 Å². The molecule has 34 heavy (non-hydrogen) atoms. The first-order chi connectivity index (χ1) is 16.1. The van der Waals surface area contributed by atoms with Crippen LogP contribution in [0.15, 0.2) is 48.7 Å². The number of halogens is 3. The number of rotatable bonds is 6. The van der Waals surface area contributed by atoms with Gasteiger partial charge in [-0.25, -0.2) is 4.68 Å². The number of nitro benzene ring substituents is 1. The number of hydrogen-bond donors (Lipinski definition) is 2. The topological polar surface area (TPSA) is 138 Å². The second-order valence-corrected chi connectivity index (χ2v) is 6.56. The van der Waals surface area contributed by atoms with Crippen molar-refractivity contribution in [3.8, 4) is 17.2 Å². The van der Waals surface area contributed by atoms with E-state index in [0.717, 1.165) is 24.3 Å². The molecule has 2 aromatic carbocycles. The number of nitrogens with one attached hydrogen (secondary N) is 2. The van der Waals surface area contributed by atoms with Crippen LogP contribution in [-0.2, 0) is 6.18 Å². The maximum atomic E-state index is 13.8. The van der Waals surface area contributed by atoms with Gasteiger partial charge in [-0.05, 0) is 24.3 Å². The molecule has 3 rings (SSSR count). The van der Waals surface area contributed by atoms with Gasteiger partial charge < -0.3 is 9.47 Å². The van der Waals surface area contributed by atoms with Crippen molar-refractivity contribution < 1.29 is 37.2 Å². The smallest absolute Gasteiger partial charge is 0.434 e. The molecule has 0 aliphatic carbocycles. The minimum absolute atomic E-state index is 0.0128. The molecule has 0 unspecified atom stereocenters. The Morgan fingerprint density at radius 1 is 1.00 bits per heavy atom. The highest BCUT2D eigenvalue weighted by Crippen LogP contribution is 2.34. The van der Waals surface area contributed by atoms with E-state index in [2.05, 4.69) is 5.10 Å².